The van der Waals surface area contributed by atoms with E-state index in [0.29, 0.717) is 0 Å². The van der Waals surface area contributed by atoms with Crippen LogP contribution in [0.4, 0.5) is 5.69 Å². The maximum absolute atomic E-state index is 11.0. The first-order valence-electron chi connectivity index (χ1n) is 5.35. The highest BCUT2D eigenvalue weighted by molar-refractivity contribution is 5.76. The Kier molecular flexibility index (Phi) is 2.95. The normalized spacial score (nSPS) is 16.1. The molecule has 0 aromatic heterocycles. The van der Waals surface area contributed by atoms with Crippen molar-refractivity contribution in [3.63, 3.8) is 0 Å². The lowest BCUT2D eigenvalue weighted by atomic mass is 10.0. The smallest absolute Gasteiger partial charge is 0.217 e. The van der Waals surface area contributed by atoms with Crippen molar-refractivity contribution in [1.29, 1.82) is 0 Å². The summed E-state index contributed by atoms with van der Waals surface area (Å²) < 4.78 is 0. The van der Waals surface area contributed by atoms with Gasteiger partial charge >= 0.3 is 0 Å². The van der Waals surface area contributed by atoms with Gasteiger partial charge in [0.15, 0.2) is 0 Å². The molecule has 1 atom stereocenters. The van der Waals surface area contributed by atoms with Gasteiger partial charge in [-0.15, -0.1) is 0 Å². The molecule has 1 heterocycles. The third-order valence-corrected chi connectivity index (χ3v) is 2.57. The zero-order chi connectivity index (χ0) is 11.5. The largest absolute Gasteiger partial charge is 0.371 e. The van der Waals surface area contributed by atoms with Crippen LogP contribution < -0.4 is 10.6 Å². The lowest BCUT2D eigenvalue weighted by Gasteiger charge is -2.26. The third kappa shape index (κ3) is 2.24. The summed E-state index contributed by atoms with van der Waals surface area (Å²) in [7, 11) is 0. The van der Waals surface area contributed by atoms with Crippen molar-refractivity contribution in [3.8, 4) is 0 Å². The van der Waals surface area contributed by atoms with E-state index >= 15 is 0 Å². The second kappa shape index (κ2) is 4.39. The average molecular weight is 215 g/mol. The summed E-state index contributed by atoms with van der Waals surface area (Å²) in [6.45, 7) is 3.49. The standard InChI is InChI=1S/C13H15N2O/c1-9(14-10(2)16)12-8-7-11-5-3-4-6-13(11)15-12/h3-9,15H,1-2H3,(H,14,16)/t9-/m0/s1. The van der Waals surface area contributed by atoms with Gasteiger partial charge in [-0.05, 0) is 18.6 Å². The minimum absolute atomic E-state index is 0.00195. The predicted octanol–water partition coefficient (Wildman–Crippen LogP) is 2.18. The van der Waals surface area contributed by atoms with Crippen LogP contribution in [0.2, 0.25) is 0 Å². The Labute approximate surface area is 95.6 Å². The van der Waals surface area contributed by atoms with Crippen molar-refractivity contribution in [2.24, 2.45) is 0 Å². The van der Waals surface area contributed by atoms with Crippen molar-refractivity contribution in [2.45, 2.75) is 19.9 Å². The van der Waals surface area contributed by atoms with E-state index in [1.54, 1.807) is 0 Å². The van der Waals surface area contributed by atoms with Gasteiger partial charge in [0, 0.05) is 12.6 Å². The summed E-state index contributed by atoms with van der Waals surface area (Å²) in [4.78, 5) is 11.0. The molecular weight excluding hydrogens is 200 g/mol. The molecule has 3 nitrogen and oxygen atoms in total. The summed E-state index contributed by atoms with van der Waals surface area (Å²) in [6.07, 6.45) is 4.06. The fourth-order valence-corrected chi connectivity index (χ4v) is 1.77. The van der Waals surface area contributed by atoms with Gasteiger partial charge in [-0.1, -0.05) is 30.4 Å². The van der Waals surface area contributed by atoms with Gasteiger partial charge < -0.3 is 10.6 Å². The Hall–Kier alpha value is -1.77. The first-order valence-corrected chi connectivity index (χ1v) is 5.35. The molecule has 0 fully saturated rings. The number of fused-ring (bicyclic) bond motifs is 1. The second-order valence-corrected chi connectivity index (χ2v) is 3.92. The van der Waals surface area contributed by atoms with Crippen LogP contribution in [0.5, 0.6) is 0 Å². The summed E-state index contributed by atoms with van der Waals surface area (Å²) in [6, 6.07) is 9.09. The van der Waals surface area contributed by atoms with Gasteiger partial charge in [0.25, 0.3) is 0 Å². The maximum Gasteiger partial charge on any atom is 0.217 e. The quantitative estimate of drug-likeness (QED) is 0.794. The van der Waals surface area contributed by atoms with Gasteiger partial charge in [0.2, 0.25) is 5.91 Å². The monoisotopic (exact) mass is 215 g/mol. The third-order valence-electron chi connectivity index (χ3n) is 2.57. The SMILES string of the molecule is CC(=O)N[C@@H](C)[C]1C=Cc2ccccc2N1. The predicted molar refractivity (Wildman–Crippen MR) is 65.6 cm³/mol. The Bertz CT molecular complexity index is 426. The number of rotatable bonds is 2. The minimum atomic E-state index is -0.0194. The number of carbonyl (C=O) groups excluding carboxylic acids is 1. The molecule has 16 heavy (non-hydrogen) atoms. The number of para-hydroxylation sites is 1. The zero-order valence-corrected chi connectivity index (χ0v) is 9.45. The Morgan fingerprint density at radius 2 is 2.06 bits per heavy atom. The van der Waals surface area contributed by atoms with Crippen LogP contribution in [0.25, 0.3) is 6.08 Å². The number of carbonyl (C=O) groups is 1. The van der Waals surface area contributed by atoms with Crippen LogP contribution in [0, 0.1) is 6.04 Å². The molecule has 2 rings (SSSR count). The van der Waals surface area contributed by atoms with Crippen LogP contribution in [0.15, 0.2) is 30.3 Å². The number of amides is 1. The molecule has 0 unspecified atom stereocenters. The van der Waals surface area contributed by atoms with Crippen molar-refractivity contribution in [2.75, 3.05) is 5.32 Å². The molecule has 1 aromatic carbocycles. The summed E-state index contributed by atoms with van der Waals surface area (Å²) in [5.74, 6) is -0.0194. The minimum Gasteiger partial charge on any atom is -0.371 e. The van der Waals surface area contributed by atoms with E-state index in [2.05, 4.69) is 22.8 Å². The Balaban J connectivity index is 2.11. The number of benzene rings is 1. The molecule has 1 aromatic rings. The summed E-state index contributed by atoms with van der Waals surface area (Å²) in [5, 5.41) is 6.17. The number of hydrogen-bond acceptors (Lipinski definition) is 2. The van der Waals surface area contributed by atoms with E-state index in [9.17, 15) is 4.79 Å². The van der Waals surface area contributed by atoms with Crippen LogP contribution in [0.1, 0.15) is 19.4 Å². The Morgan fingerprint density at radius 1 is 1.31 bits per heavy atom. The highest BCUT2D eigenvalue weighted by atomic mass is 16.1. The highest BCUT2D eigenvalue weighted by Gasteiger charge is 2.19. The molecule has 1 radical (unpaired) electrons. The van der Waals surface area contributed by atoms with Gasteiger partial charge in [-0.2, -0.15) is 0 Å². The van der Waals surface area contributed by atoms with Crippen LogP contribution in [-0.4, -0.2) is 11.9 Å². The lowest BCUT2D eigenvalue weighted by molar-refractivity contribution is -0.119. The van der Waals surface area contributed by atoms with Crippen molar-refractivity contribution >= 4 is 17.7 Å². The first-order chi connectivity index (χ1) is 7.66. The number of nitrogens with one attached hydrogen (secondary N) is 2. The van der Waals surface area contributed by atoms with Crippen molar-refractivity contribution in [3.05, 3.63) is 41.9 Å². The molecule has 2 N–H and O–H groups in total. The number of hydrogen-bond donors (Lipinski definition) is 2. The van der Waals surface area contributed by atoms with Crippen LogP contribution in [-0.2, 0) is 4.79 Å². The fraction of sp³-hybridized carbons (Fsp3) is 0.231. The molecule has 1 amide bonds. The molecule has 83 valence electrons. The molecule has 1 aliphatic rings. The van der Waals surface area contributed by atoms with E-state index < -0.39 is 0 Å². The van der Waals surface area contributed by atoms with E-state index in [-0.39, 0.29) is 11.9 Å². The van der Waals surface area contributed by atoms with Gasteiger partial charge in [-0.3, -0.25) is 4.79 Å². The molecule has 3 heteroatoms. The molecule has 0 bridgehead atoms. The molecular formula is C13H15N2O. The first kappa shape index (κ1) is 10.7. The fourth-order valence-electron chi connectivity index (χ4n) is 1.77. The van der Waals surface area contributed by atoms with E-state index in [1.807, 2.05) is 31.2 Å². The second-order valence-electron chi connectivity index (χ2n) is 3.92. The average Bonchev–Trinajstić information content (AvgIpc) is 2.27. The molecule has 0 saturated carbocycles. The topological polar surface area (TPSA) is 41.1 Å². The van der Waals surface area contributed by atoms with Crippen molar-refractivity contribution in [1.82, 2.24) is 5.32 Å². The van der Waals surface area contributed by atoms with Crippen LogP contribution >= 0.6 is 0 Å². The summed E-state index contributed by atoms with van der Waals surface area (Å²) in [5.41, 5.74) is 2.25. The zero-order valence-electron chi connectivity index (χ0n) is 9.45. The van der Waals surface area contributed by atoms with Crippen molar-refractivity contribution < 1.29 is 4.79 Å². The molecule has 0 aliphatic carbocycles. The number of anilines is 1. The van der Waals surface area contributed by atoms with Gasteiger partial charge in [-0.25, -0.2) is 0 Å². The van der Waals surface area contributed by atoms with E-state index in [0.717, 1.165) is 11.7 Å². The molecule has 0 saturated heterocycles. The van der Waals surface area contributed by atoms with Gasteiger partial charge in [0.1, 0.15) is 6.04 Å². The summed E-state index contributed by atoms with van der Waals surface area (Å²) >= 11 is 0. The lowest BCUT2D eigenvalue weighted by Crippen LogP contribution is -2.38. The van der Waals surface area contributed by atoms with E-state index in [1.165, 1.54) is 12.5 Å². The maximum atomic E-state index is 11.0. The van der Waals surface area contributed by atoms with Crippen LogP contribution in [0.3, 0.4) is 0 Å². The molecule has 0 spiro atoms. The highest BCUT2D eigenvalue weighted by Crippen LogP contribution is 2.26. The van der Waals surface area contributed by atoms with E-state index in [4.69, 9.17) is 0 Å². The molecule has 1 aliphatic heterocycles. The van der Waals surface area contributed by atoms with Gasteiger partial charge in [0.05, 0.1) is 6.04 Å². The Morgan fingerprint density at radius 3 is 2.81 bits per heavy atom.